The van der Waals surface area contributed by atoms with Gasteiger partial charge < -0.3 is 4.74 Å². The summed E-state index contributed by atoms with van der Waals surface area (Å²) in [7, 11) is 0. The van der Waals surface area contributed by atoms with Gasteiger partial charge in [0.05, 0.1) is 11.5 Å². The number of nitro benzene ring substituents is 1. The molecule has 1 rings (SSSR count). The molecule has 0 N–H and O–H groups in total. The summed E-state index contributed by atoms with van der Waals surface area (Å²) in [5.74, 6) is -1.06. The van der Waals surface area contributed by atoms with E-state index in [1.807, 2.05) is 0 Å². The van der Waals surface area contributed by atoms with Crippen molar-refractivity contribution >= 4 is 21.6 Å². The third-order valence-electron chi connectivity index (χ3n) is 1.48. The third-order valence-corrected chi connectivity index (χ3v) is 1.94. The van der Waals surface area contributed by atoms with Gasteiger partial charge in [-0.25, -0.2) is 0 Å². The first-order valence-electron chi connectivity index (χ1n) is 3.82. The van der Waals surface area contributed by atoms with Crippen molar-refractivity contribution in [1.82, 2.24) is 0 Å². The lowest BCUT2D eigenvalue weighted by Gasteiger charge is -2.04. The van der Waals surface area contributed by atoms with E-state index < -0.39 is 16.4 Å². The standard InChI is InChI=1S/C8H7BrFNO3/c1-2-14-7-4-5(9)3-6(8(7)10)11(12)13/h3-4H,2H2,1H3. The summed E-state index contributed by atoms with van der Waals surface area (Å²) >= 11 is 3.03. The monoisotopic (exact) mass is 263 g/mol. The van der Waals surface area contributed by atoms with Gasteiger partial charge in [0.1, 0.15) is 0 Å². The smallest absolute Gasteiger partial charge is 0.309 e. The van der Waals surface area contributed by atoms with Gasteiger partial charge in [0.15, 0.2) is 5.75 Å². The Balaban J connectivity index is 3.24. The van der Waals surface area contributed by atoms with Crippen LogP contribution >= 0.6 is 15.9 Å². The van der Waals surface area contributed by atoms with Crippen LogP contribution in [0.4, 0.5) is 10.1 Å². The van der Waals surface area contributed by atoms with Crippen molar-refractivity contribution < 1.29 is 14.1 Å². The minimum Gasteiger partial charge on any atom is -0.490 e. The minimum atomic E-state index is -0.944. The highest BCUT2D eigenvalue weighted by Crippen LogP contribution is 2.30. The number of nitrogens with zero attached hydrogens (tertiary/aromatic N) is 1. The molecule has 0 aliphatic heterocycles. The van der Waals surface area contributed by atoms with E-state index in [1.54, 1.807) is 6.92 Å². The second kappa shape index (κ2) is 4.36. The largest absolute Gasteiger partial charge is 0.490 e. The van der Waals surface area contributed by atoms with Crippen LogP contribution in [-0.4, -0.2) is 11.5 Å². The zero-order valence-electron chi connectivity index (χ0n) is 7.29. The summed E-state index contributed by atoms with van der Waals surface area (Å²) in [6, 6.07) is 2.45. The molecule has 0 fully saturated rings. The Hall–Kier alpha value is -1.17. The predicted molar refractivity (Wildman–Crippen MR) is 51.9 cm³/mol. The molecule has 6 heteroatoms. The quantitative estimate of drug-likeness (QED) is 0.623. The molecular weight excluding hydrogens is 257 g/mol. The van der Waals surface area contributed by atoms with Gasteiger partial charge in [-0.3, -0.25) is 10.1 Å². The van der Waals surface area contributed by atoms with E-state index in [4.69, 9.17) is 4.74 Å². The fourth-order valence-electron chi connectivity index (χ4n) is 0.944. The van der Waals surface area contributed by atoms with Gasteiger partial charge in [-0.2, -0.15) is 4.39 Å². The number of nitro groups is 1. The van der Waals surface area contributed by atoms with Crippen molar-refractivity contribution in [2.45, 2.75) is 6.92 Å². The Morgan fingerprint density at radius 1 is 1.64 bits per heavy atom. The van der Waals surface area contributed by atoms with E-state index in [9.17, 15) is 14.5 Å². The third kappa shape index (κ3) is 2.20. The number of rotatable bonds is 3. The van der Waals surface area contributed by atoms with Crippen molar-refractivity contribution in [3.63, 3.8) is 0 Å². The molecule has 14 heavy (non-hydrogen) atoms. The van der Waals surface area contributed by atoms with Gasteiger partial charge in [0.2, 0.25) is 5.82 Å². The Labute approximate surface area is 88.0 Å². The zero-order valence-corrected chi connectivity index (χ0v) is 8.88. The molecule has 1 aromatic carbocycles. The average Bonchev–Trinajstić information content (AvgIpc) is 2.10. The molecule has 0 heterocycles. The topological polar surface area (TPSA) is 52.4 Å². The number of benzene rings is 1. The summed E-state index contributed by atoms with van der Waals surface area (Å²) in [6.45, 7) is 1.93. The Morgan fingerprint density at radius 2 is 2.29 bits per heavy atom. The van der Waals surface area contributed by atoms with Gasteiger partial charge in [-0.1, -0.05) is 15.9 Å². The first kappa shape index (κ1) is 10.9. The van der Waals surface area contributed by atoms with Crippen molar-refractivity contribution in [3.05, 3.63) is 32.5 Å². The Morgan fingerprint density at radius 3 is 2.79 bits per heavy atom. The van der Waals surface area contributed by atoms with Crippen LogP contribution in [0.5, 0.6) is 5.75 Å². The molecule has 0 spiro atoms. The maximum absolute atomic E-state index is 13.3. The lowest BCUT2D eigenvalue weighted by molar-refractivity contribution is -0.387. The van der Waals surface area contributed by atoms with Crippen LogP contribution in [0.1, 0.15) is 6.92 Å². The van der Waals surface area contributed by atoms with E-state index in [0.29, 0.717) is 4.47 Å². The van der Waals surface area contributed by atoms with E-state index in [1.165, 1.54) is 6.07 Å². The fraction of sp³-hybridized carbons (Fsp3) is 0.250. The molecule has 0 aliphatic rings. The molecule has 0 atom stereocenters. The summed E-state index contributed by atoms with van der Waals surface area (Å²) in [5, 5.41) is 10.4. The van der Waals surface area contributed by atoms with E-state index >= 15 is 0 Å². The van der Waals surface area contributed by atoms with Crippen LogP contribution in [-0.2, 0) is 0 Å². The molecule has 1 aromatic rings. The van der Waals surface area contributed by atoms with Crippen LogP contribution in [0.25, 0.3) is 0 Å². The first-order valence-corrected chi connectivity index (χ1v) is 4.61. The van der Waals surface area contributed by atoms with E-state index in [2.05, 4.69) is 15.9 Å². The van der Waals surface area contributed by atoms with Gasteiger partial charge in [-0.15, -0.1) is 0 Å². The highest BCUT2D eigenvalue weighted by Gasteiger charge is 2.19. The molecule has 76 valence electrons. The normalized spacial score (nSPS) is 9.93. The molecule has 0 saturated heterocycles. The molecule has 0 aromatic heterocycles. The summed E-state index contributed by atoms with van der Waals surface area (Å²) in [5.41, 5.74) is -0.595. The van der Waals surface area contributed by atoms with Crippen LogP contribution < -0.4 is 4.74 Å². The summed E-state index contributed by atoms with van der Waals surface area (Å²) in [6.07, 6.45) is 0. The number of hydrogen-bond acceptors (Lipinski definition) is 3. The number of halogens is 2. The number of ether oxygens (including phenoxy) is 1. The second-order valence-electron chi connectivity index (χ2n) is 2.43. The van der Waals surface area contributed by atoms with Gasteiger partial charge in [0.25, 0.3) is 0 Å². The molecule has 0 saturated carbocycles. The molecule has 0 unspecified atom stereocenters. The van der Waals surface area contributed by atoms with Gasteiger partial charge >= 0.3 is 5.69 Å². The van der Waals surface area contributed by atoms with Crippen molar-refractivity contribution in [1.29, 1.82) is 0 Å². The van der Waals surface area contributed by atoms with Gasteiger partial charge in [0, 0.05) is 10.5 Å². The van der Waals surface area contributed by atoms with E-state index in [-0.39, 0.29) is 12.4 Å². The number of hydrogen-bond donors (Lipinski definition) is 0. The lowest BCUT2D eigenvalue weighted by Crippen LogP contribution is -1.99. The lowest BCUT2D eigenvalue weighted by atomic mass is 10.3. The molecule has 0 radical (unpaired) electrons. The highest BCUT2D eigenvalue weighted by molar-refractivity contribution is 9.10. The van der Waals surface area contributed by atoms with Crippen LogP contribution in [0, 0.1) is 15.9 Å². The molecular formula is C8H7BrFNO3. The Kier molecular flexibility index (Phi) is 3.40. The summed E-state index contributed by atoms with van der Waals surface area (Å²) in [4.78, 5) is 9.63. The van der Waals surface area contributed by atoms with Crippen LogP contribution in [0.15, 0.2) is 16.6 Å². The second-order valence-corrected chi connectivity index (χ2v) is 3.34. The Bertz CT molecular complexity index is 370. The minimum absolute atomic E-state index is 0.117. The molecule has 0 bridgehead atoms. The SMILES string of the molecule is CCOc1cc(Br)cc([N+](=O)[O-])c1F. The maximum Gasteiger partial charge on any atom is 0.309 e. The fourth-order valence-corrected chi connectivity index (χ4v) is 1.37. The molecule has 0 aliphatic carbocycles. The van der Waals surface area contributed by atoms with Crippen molar-refractivity contribution in [2.75, 3.05) is 6.61 Å². The van der Waals surface area contributed by atoms with E-state index in [0.717, 1.165) is 6.07 Å². The van der Waals surface area contributed by atoms with Gasteiger partial charge in [-0.05, 0) is 13.0 Å². The van der Waals surface area contributed by atoms with Crippen LogP contribution in [0.3, 0.4) is 0 Å². The maximum atomic E-state index is 13.3. The molecule has 0 amide bonds. The summed E-state index contributed by atoms with van der Waals surface area (Å²) < 4.78 is 18.6. The zero-order chi connectivity index (χ0) is 10.7. The van der Waals surface area contributed by atoms with Crippen molar-refractivity contribution in [3.8, 4) is 5.75 Å². The highest BCUT2D eigenvalue weighted by atomic mass is 79.9. The van der Waals surface area contributed by atoms with Crippen LogP contribution in [0.2, 0.25) is 0 Å². The average molecular weight is 264 g/mol. The molecule has 4 nitrogen and oxygen atoms in total. The predicted octanol–water partition coefficient (Wildman–Crippen LogP) is 2.90. The first-order chi connectivity index (χ1) is 6.56. The van der Waals surface area contributed by atoms with Crippen molar-refractivity contribution in [2.24, 2.45) is 0 Å².